The standard InChI is InChI=1S/C28H35FN2OS2/c29-23-10-11-25-26(20-23)30-32-28(25)24(22-6-2-1-3-7-22)8-4-15-31-16-13-21(14-17-31)9-12-27-33-18-5-19-34-27/h1-3,6-7,10-11,20-21,24,27H,4-5,8-9,12-19H2. The van der Waals surface area contributed by atoms with Gasteiger partial charge in [0, 0.05) is 17.4 Å². The molecule has 3 aromatic rings. The van der Waals surface area contributed by atoms with E-state index in [1.54, 1.807) is 0 Å². The molecule has 0 aliphatic carbocycles. The van der Waals surface area contributed by atoms with Gasteiger partial charge >= 0.3 is 0 Å². The summed E-state index contributed by atoms with van der Waals surface area (Å²) in [6.07, 6.45) is 9.01. The molecule has 0 bridgehead atoms. The van der Waals surface area contributed by atoms with Gasteiger partial charge in [-0.15, -0.1) is 23.5 Å². The van der Waals surface area contributed by atoms with Gasteiger partial charge in [0.15, 0.2) is 5.76 Å². The lowest BCUT2D eigenvalue weighted by atomic mass is 9.89. The van der Waals surface area contributed by atoms with E-state index in [0.29, 0.717) is 5.52 Å². The molecule has 34 heavy (non-hydrogen) atoms. The van der Waals surface area contributed by atoms with Crippen LogP contribution in [0.4, 0.5) is 4.39 Å². The zero-order chi connectivity index (χ0) is 23.2. The molecule has 1 atom stereocenters. The van der Waals surface area contributed by atoms with Crippen molar-refractivity contribution in [1.82, 2.24) is 10.1 Å². The van der Waals surface area contributed by atoms with Gasteiger partial charge in [-0.25, -0.2) is 4.39 Å². The minimum Gasteiger partial charge on any atom is -0.359 e. The number of likely N-dealkylation sites (tertiary alicyclic amines) is 1. The van der Waals surface area contributed by atoms with Crippen LogP contribution in [0.2, 0.25) is 0 Å². The molecule has 0 spiro atoms. The lowest BCUT2D eigenvalue weighted by Gasteiger charge is -2.33. The van der Waals surface area contributed by atoms with Crippen LogP contribution in [0, 0.1) is 11.7 Å². The number of thioether (sulfide) groups is 2. The summed E-state index contributed by atoms with van der Waals surface area (Å²) in [5.74, 6) is 4.36. The highest BCUT2D eigenvalue weighted by Gasteiger charge is 2.24. The number of hydrogen-bond acceptors (Lipinski definition) is 5. The van der Waals surface area contributed by atoms with E-state index in [0.717, 1.165) is 41.0 Å². The minimum atomic E-state index is -0.275. The topological polar surface area (TPSA) is 29.3 Å². The van der Waals surface area contributed by atoms with E-state index in [1.165, 1.54) is 74.4 Å². The highest BCUT2D eigenvalue weighted by atomic mass is 32.2. The number of piperidine rings is 1. The van der Waals surface area contributed by atoms with E-state index in [1.807, 2.05) is 12.1 Å². The molecule has 6 heteroatoms. The van der Waals surface area contributed by atoms with E-state index in [4.69, 9.17) is 4.52 Å². The fourth-order valence-electron chi connectivity index (χ4n) is 5.41. The van der Waals surface area contributed by atoms with Crippen LogP contribution in [0.25, 0.3) is 10.9 Å². The van der Waals surface area contributed by atoms with E-state index in [9.17, 15) is 4.39 Å². The third-order valence-corrected chi connectivity index (χ3v) is 10.4. The van der Waals surface area contributed by atoms with Crippen molar-refractivity contribution < 1.29 is 8.91 Å². The highest BCUT2D eigenvalue weighted by Crippen LogP contribution is 2.37. The molecular formula is C28H35FN2OS2. The summed E-state index contributed by atoms with van der Waals surface area (Å²) in [6, 6.07) is 15.3. The zero-order valence-electron chi connectivity index (χ0n) is 19.8. The summed E-state index contributed by atoms with van der Waals surface area (Å²) in [6.45, 7) is 3.59. The largest absolute Gasteiger partial charge is 0.359 e. The zero-order valence-corrected chi connectivity index (χ0v) is 21.5. The van der Waals surface area contributed by atoms with E-state index in [2.05, 4.69) is 57.8 Å². The molecule has 2 aliphatic rings. The van der Waals surface area contributed by atoms with Crippen LogP contribution in [0.1, 0.15) is 62.2 Å². The van der Waals surface area contributed by atoms with Crippen molar-refractivity contribution in [2.75, 3.05) is 31.1 Å². The van der Waals surface area contributed by atoms with Crippen molar-refractivity contribution in [3.05, 3.63) is 65.7 Å². The number of halogens is 1. The molecule has 0 N–H and O–H groups in total. The molecule has 2 aliphatic heterocycles. The number of nitrogens with zero attached hydrogens (tertiary/aromatic N) is 2. The minimum absolute atomic E-state index is 0.139. The monoisotopic (exact) mass is 498 g/mol. The van der Waals surface area contributed by atoms with Gasteiger partial charge in [-0.1, -0.05) is 35.5 Å². The molecule has 0 saturated carbocycles. The fourth-order valence-corrected chi connectivity index (χ4v) is 8.31. The van der Waals surface area contributed by atoms with Gasteiger partial charge in [-0.05, 0) is 99.7 Å². The molecule has 182 valence electrons. The molecule has 0 amide bonds. The van der Waals surface area contributed by atoms with E-state index in [-0.39, 0.29) is 11.7 Å². The van der Waals surface area contributed by atoms with Gasteiger partial charge in [-0.2, -0.15) is 0 Å². The van der Waals surface area contributed by atoms with Gasteiger partial charge in [0.1, 0.15) is 11.3 Å². The molecule has 3 nitrogen and oxygen atoms in total. The Morgan fingerprint density at radius 3 is 2.62 bits per heavy atom. The van der Waals surface area contributed by atoms with Gasteiger partial charge < -0.3 is 9.42 Å². The first-order chi connectivity index (χ1) is 16.8. The number of rotatable bonds is 9. The van der Waals surface area contributed by atoms with Crippen molar-refractivity contribution in [3.8, 4) is 0 Å². The Bertz CT molecular complexity index is 1030. The van der Waals surface area contributed by atoms with Gasteiger partial charge in [0.25, 0.3) is 0 Å². The summed E-state index contributed by atoms with van der Waals surface area (Å²) in [4.78, 5) is 2.65. The predicted molar refractivity (Wildman–Crippen MR) is 143 cm³/mol. The van der Waals surface area contributed by atoms with Crippen molar-refractivity contribution in [2.45, 2.75) is 55.4 Å². The normalized spacial score (nSPS) is 19.6. The molecule has 3 heterocycles. The third-order valence-electron chi connectivity index (χ3n) is 7.37. The lowest BCUT2D eigenvalue weighted by molar-refractivity contribution is 0.175. The number of aromatic nitrogens is 1. The van der Waals surface area contributed by atoms with Crippen molar-refractivity contribution in [2.24, 2.45) is 5.92 Å². The van der Waals surface area contributed by atoms with Crippen LogP contribution in [0.15, 0.2) is 53.1 Å². The molecule has 2 fully saturated rings. The van der Waals surface area contributed by atoms with Crippen molar-refractivity contribution >= 4 is 34.4 Å². The first-order valence-corrected chi connectivity index (χ1v) is 14.9. The summed E-state index contributed by atoms with van der Waals surface area (Å²) in [5.41, 5.74) is 1.84. The first-order valence-electron chi connectivity index (χ1n) is 12.8. The molecule has 1 aromatic heterocycles. The summed E-state index contributed by atoms with van der Waals surface area (Å²) >= 11 is 4.37. The molecule has 2 aromatic carbocycles. The van der Waals surface area contributed by atoms with Crippen LogP contribution in [-0.2, 0) is 0 Å². The second kappa shape index (κ2) is 12.0. The molecule has 0 radical (unpaired) electrons. The highest BCUT2D eigenvalue weighted by molar-refractivity contribution is 8.17. The molecule has 2 saturated heterocycles. The number of fused-ring (bicyclic) bond motifs is 1. The van der Waals surface area contributed by atoms with Crippen LogP contribution in [-0.4, -0.2) is 45.8 Å². The van der Waals surface area contributed by atoms with Crippen LogP contribution >= 0.6 is 23.5 Å². The van der Waals surface area contributed by atoms with Gasteiger partial charge in [-0.3, -0.25) is 0 Å². The predicted octanol–water partition coefficient (Wildman–Crippen LogP) is 7.57. The summed E-state index contributed by atoms with van der Waals surface area (Å²) < 4.78 is 20.3. The van der Waals surface area contributed by atoms with E-state index < -0.39 is 0 Å². The van der Waals surface area contributed by atoms with Crippen LogP contribution in [0.3, 0.4) is 0 Å². The Kier molecular flexibility index (Phi) is 8.51. The Morgan fingerprint density at radius 2 is 1.82 bits per heavy atom. The maximum Gasteiger partial charge on any atom is 0.152 e. The summed E-state index contributed by atoms with van der Waals surface area (Å²) in [5, 5.41) is 5.08. The number of hydrogen-bond donors (Lipinski definition) is 0. The Hall–Kier alpha value is -1.50. The SMILES string of the molecule is Fc1ccc2c(C(CCCN3CCC(CCC4SCCCS4)CC3)c3ccccc3)onc2c1. The van der Waals surface area contributed by atoms with Crippen LogP contribution in [0.5, 0.6) is 0 Å². The van der Waals surface area contributed by atoms with Crippen LogP contribution < -0.4 is 0 Å². The lowest BCUT2D eigenvalue weighted by Crippen LogP contribution is -2.34. The maximum atomic E-state index is 13.7. The molecule has 5 rings (SSSR count). The molecule has 1 unspecified atom stereocenters. The average Bonchev–Trinajstić information content (AvgIpc) is 3.30. The van der Waals surface area contributed by atoms with Crippen molar-refractivity contribution in [1.29, 1.82) is 0 Å². The quantitative estimate of drug-likeness (QED) is 0.303. The number of benzene rings is 2. The Balaban J connectivity index is 1.14. The second-order valence-electron chi connectivity index (χ2n) is 9.70. The van der Waals surface area contributed by atoms with E-state index >= 15 is 0 Å². The maximum absolute atomic E-state index is 13.7. The van der Waals surface area contributed by atoms with Gasteiger partial charge in [0.2, 0.25) is 0 Å². The average molecular weight is 499 g/mol. The smallest absolute Gasteiger partial charge is 0.152 e. The first kappa shape index (κ1) is 24.2. The molecular weight excluding hydrogens is 463 g/mol. The Labute approximate surface area is 211 Å². The third kappa shape index (κ3) is 6.19. The van der Waals surface area contributed by atoms with Crippen molar-refractivity contribution in [3.63, 3.8) is 0 Å². The second-order valence-corrected chi connectivity index (χ2v) is 12.6. The summed E-state index contributed by atoms with van der Waals surface area (Å²) in [7, 11) is 0. The Morgan fingerprint density at radius 1 is 1.03 bits per heavy atom. The van der Waals surface area contributed by atoms with Gasteiger partial charge in [0.05, 0.1) is 4.58 Å². The fraction of sp³-hybridized carbons (Fsp3) is 0.536.